The molecule has 1 N–H and O–H groups in total. The summed E-state index contributed by atoms with van der Waals surface area (Å²) in [6, 6.07) is 0. The molecule has 1 aliphatic heterocycles. The summed E-state index contributed by atoms with van der Waals surface area (Å²) in [5.74, 6) is -0.264. The number of carbonyl (C=O) groups is 2. The van der Waals surface area contributed by atoms with Crippen molar-refractivity contribution in [3.05, 3.63) is 12.4 Å². The third-order valence-corrected chi connectivity index (χ3v) is 3.58. The van der Waals surface area contributed by atoms with E-state index < -0.39 is 0 Å². The van der Waals surface area contributed by atoms with Gasteiger partial charge >= 0.3 is 0 Å². The van der Waals surface area contributed by atoms with Crippen molar-refractivity contribution in [2.45, 2.75) is 25.7 Å². The van der Waals surface area contributed by atoms with Crippen LogP contribution in [0.3, 0.4) is 0 Å². The van der Waals surface area contributed by atoms with Crippen LogP contribution in [-0.4, -0.2) is 22.0 Å². The Kier molecular flexibility index (Phi) is 2.05. The Labute approximate surface area is 92.8 Å². The van der Waals surface area contributed by atoms with Gasteiger partial charge < -0.3 is 0 Å². The van der Waals surface area contributed by atoms with E-state index in [1.807, 2.05) is 0 Å². The number of imide groups is 1. The SMILES string of the molecule is O=C1C2CCCCC2C(=O)N1c1cn[nH]c1. The van der Waals surface area contributed by atoms with Gasteiger partial charge in [0.1, 0.15) is 0 Å². The molecule has 1 saturated heterocycles. The fraction of sp³-hybridized carbons (Fsp3) is 0.545. The Bertz CT molecular complexity index is 402. The summed E-state index contributed by atoms with van der Waals surface area (Å²) < 4.78 is 0. The van der Waals surface area contributed by atoms with E-state index in [0.717, 1.165) is 25.7 Å². The fourth-order valence-electron chi connectivity index (χ4n) is 2.78. The Morgan fingerprint density at radius 1 is 1.19 bits per heavy atom. The summed E-state index contributed by atoms with van der Waals surface area (Å²) in [5, 5.41) is 6.41. The number of nitrogens with one attached hydrogen (secondary N) is 1. The molecule has 5 nitrogen and oxygen atoms in total. The number of nitrogens with zero attached hydrogens (tertiary/aromatic N) is 2. The van der Waals surface area contributed by atoms with Crippen molar-refractivity contribution in [2.75, 3.05) is 4.90 Å². The lowest BCUT2D eigenvalue weighted by Crippen LogP contribution is -2.30. The van der Waals surface area contributed by atoms with Crippen LogP contribution in [0, 0.1) is 11.8 Å². The minimum Gasteiger partial charge on any atom is -0.284 e. The van der Waals surface area contributed by atoms with Crippen molar-refractivity contribution in [2.24, 2.45) is 11.8 Å². The Morgan fingerprint density at radius 2 is 1.81 bits per heavy atom. The zero-order valence-electron chi connectivity index (χ0n) is 8.85. The molecule has 0 bridgehead atoms. The largest absolute Gasteiger partial charge is 0.284 e. The molecule has 2 unspecified atom stereocenters. The average Bonchev–Trinajstić information content (AvgIpc) is 2.89. The highest BCUT2D eigenvalue weighted by Gasteiger charge is 2.48. The second-order valence-corrected chi connectivity index (χ2v) is 4.47. The Morgan fingerprint density at radius 3 is 2.31 bits per heavy atom. The molecule has 0 aromatic carbocycles. The van der Waals surface area contributed by atoms with Crippen LogP contribution in [0.5, 0.6) is 0 Å². The number of aromatic amines is 1. The first-order valence-corrected chi connectivity index (χ1v) is 5.65. The van der Waals surface area contributed by atoms with Crippen LogP contribution >= 0.6 is 0 Å². The van der Waals surface area contributed by atoms with E-state index in [1.54, 1.807) is 6.20 Å². The number of amides is 2. The highest BCUT2D eigenvalue weighted by Crippen LogP contribution is 2.39. The molecule has 2 atom stereocenters. The van der Waals surface area contributed by atoms with Gasteiger partial charge in [0.2, 0.25) is 11.8 Å². The molecule has 1 aliphatic carbocycles. The number of aromatic nitrogens is 2. The van der Waals surface area contributed by atoms with Gasteiger partial charge in [-0.05, 0) is 12.8 Å². The molecule has 2 amide bonds. The molecular formula is C11H13N3O2. The lowest BCUT2D eigenvalue weighted by molar-refractivity contribution is -0.122. The monoisotopic (exact) mass is 219 g/mol. The predicted molar refractivity (Wildman–Crippen MR) is 56.5 cm³/mol. The number of rotatable bonds is 1. The summed E-state index contributed by atoms with van der Waals surface area (Å²) in [4.78, 5) is 25.5. The molecule has 2 aliphatic rings. The van der Waals surface area contributed by atoms with Crippen molar-refractivity contribution in [3.8, 4) is 0 Å². The van der Waals surface area contributed by atoms with Gasteiger partial charge in [0.05, 0.1) is 23.7 Å². The van der Waals surface area contributed by atoms with Gasteiger partial charge in [-0.15, -0.1) is 0 Å². The lowest BCUT2D eigenvalue weighted by Gasteiger charge is -2.19. The van der Waals surface area contributed by atoms with Gasteiger partial charge in [0.15, 0.2) is 0 Å². The number of hydrogen-bond acceptors (Lipinski definition) is 3. The van der Waals surface area contributed by atoms with Crippen LogP contribution in [0.25, 0.3) is 0 Å². The molecule has 2 heterocycles. The van der Waals surface area contributed by atoms with Crippen LogP contribution < -0.4 is 4.90 Å². The first-order valence-electron chi connectivity index (χ1n) is 5.65. The third kappa shape index (κ3) is 1.20. The first-order chi connectivity index (χ1) is 7.79. The summed E-state index contributed by atoms with van der Waals surface area (Å²) in [6.45, 7) is 0. The number of fused-ring (bicyclic) bond motifs is 1. The van der Waals surface area contributed by atoms with Gasteiger partial charge in [-0.25, -0.2) is 4.90 Å². The van der Waals surface area contributed by atoms with Crippen LogP contribution in [-0.2, 0) is 9.59 Å². The summed E-state index contributed by atoms with van der Waals surface area (Å²) in [7, 11) is 0. The predicted octanol–water partition coefficient (Wildman–Crippen LogP) is 1.09. The number of carbonyl (C=O) groups excluding carboxylic acids is 2. The summed E-state index contributed by atoms with van der Waals surface area (Å²) >= 11 is 0. The third-order valence-electron chi connectivity index (χ3n) is 3.58. The highest BCUT2D eigenvalue weighted by atomic mass is 16.2. The maximum Gasteiger partial charge on any atom is 0.237 e. The van der Waals surface area contributed by atoms with E-state index in [1.165, 1.54) is 11.1 Å². The van der Waals surface area contributed by atoms with Gasteiger partial charge in [0, 0.05) is 6.20 Å². The molecule has 2 fully saturated rings. The lowest BCUT2D eigenvalue weighted by atomic mass is 9.81. The maximum atomic E-state index is 12.1. The second-order valence-electron chi connectivity index (χ2n) is 4.47. The molecule has 1 aromatic heterocycles. The van der Waals surface area contributed by atoms with E-state index in [0.29, 0.717) is 5.69 Å². The van der Waals surface area contributed by atoms with E-state index >= 15 is 0 Å². The van der Waals surface area contributed by atoms with Crippen LogP contribution in [0.15, 0.2) is 12.4 Å². The van der Waals surface area contributed by atoms with Crippen LogP contribution in [0.2, 0.25) is 0 Å². The van der Waals surface area contributed by atoms with Crippen LogP contribution in [0.4, 0.5) is 5.69 Å². The minimum absolute atomic E-state index is 0.0453. The minimum atomic E-state index is -0.0869. The standard InChI is InChI=1S/C11H13N3O2/c15-10-8-3-1-2-4-9(8)11(16)14(10)7-5-12-13-6-7/h5-6,8-9H,1-4H2,(H,12,13). The highest BCUT2D eigenvalue weighted by molar-refractivity contribution is 6.21. The topological polar surface area (TPSA) is 66.1 Å². The van der Waals surface area contributed by atoms with Crippen molar-refractivity contribution >= 4 is 17.5 Å². The summed E-state index contributed by atoms with van der Waals surface area (Å²) in [5.41, 5.74) is 0.574. The van der Waals surface area contributed by atoms with E-state index in [2.05, 4.69) is 10.2 Å². The van der Waals surface area contributed by atoms with Gasteiger partial charge in [0.25, 0.3) is 0 Å². The summed E-state index contributed by atoms with van der Waals surface area (Å²) in [6.07, 6.45) is 6.92. The zero-order chi connectivity index (χ0) is 11.1. The number of anilines is 1. The molecule has 84 valence electrons. The van der Waals surface area contributed by atoms with E-state index in [-0.39, 0.29) is 23.7 Å². The Balaban J connectivity index is 1.96. The normalized spacial score (nSPS) is 29.6. The molecule has 5 heteroatoms. The van der Waals surface area contributed by atoms with E-state index in [4.69, 9.17) is 0 Å². The van der Waals surface area contributed by atoms with Crippen molar-refractivity contribution in [3.63, 3.8) is 0 Å². The number of hydrogen-bond donors (Lipinski definition) is 1. The van der Waals surface area contributed by atoms with E-state index in [9.17, 15) is 9.59 Å². The molecule has 0 spiro atoms. The van der Waals surface area contributed by atoms with Crippen molar-refractivity contribution in [1.29, 1.82) is 0 Å². The van der Waals surface area contributed by atoms with Gasteiger partial charge in [-0.2, -0.15) is 5.10 Å². The van der Waals surface area contributed by atoms with Gasteiger partial charge in [-0.1, -0.05) is 12.8 Å². The Hall–Kier alpha value is -1.65. The first kappa shape index (κ1) is 9.57. The van der Waals surface area contributed by atoms with Gasteiger partial charge in [-0.3, -0.25) is 14.7 Å². The van der Waals surface area contributed by atoms with Crippen molar-refractivity contribution < 1.29 is 9.59 Å². The molecule has 3 rings (SSSR count). The molecule has 0 radical (unpaired) electrons. The second kappa shape index (κ2) is 3.43. The average molecular weight is 219 g/mol. The fourth-order valence-corrected chi connectivity index (χ4v) is 2.78. The maximum absolute atomic E-state index is 12.1. The van der Waals surface area contributed by atoms with Crippen LogP contribution in [0.1, 0.15) is 25.7 Å². The smallest absolute Gasteiger partial charge is 0.237 e. The number of H-pyrrole nitrogens is 1. The molecule has 16 heavy (non-hydrogen) atoms. The zero-order valence-corrected chi connectivity index (χ0v) is 8.85. The molecular weight excluding hydrogens is 206 g/mol. The quantitative estimate of drug-likeness (QED) is 0.719. The van der Waals surface area contributed by atoms with Crippen molar-refractivity contribution in [1.82, 2.24) is 10.2 Å². The molecule has 1 aromatic rings. The molecule has 1 saturated carbocycles.